The molecule has 0 aromatic heterocycles. The summed E-state index contributed by atoms with van der Waals surface area (Å²) in [4.78, 5) is 21.5. The fraction of sp³-hybridized carbons (Fsp3) is 0.222. The Hall–Kier alpha value is -0.940. The van der Waals surface area contributed by atoms with Crippen LogP contribution in [0, 0.1) is 10.1 Å². The summed E-state index contributed by atoms with van der Waals surface area (Å²) in [6.45, 7) is 0. The fourth-order valence-electron chi connectivity index (χ4n) is 1.02. The van der Waals surface area contributed by atoms with Crippen LogP contribution in [0.4, 0.5) is 5.69 Å². The summed E-state index contributed by atoms with van der Waals surface area (Å²) >= 11 is 8.79. The monoisotopic (exact) mass is 291 g/mol. The second-order valence-electron chi connectivity index (χ2n) is 2.79. The maximum Gasteiger partial charge on any atom is 0.270 e. The highest BCUT2D eigenvalue weighted by atomic mass is 79.9. The predicted octanol–water partition coefficient (Wildman–Crippen LogP) is 2.78. The van der Waals surface area contributed by atoms with Gasteiger partial charge in [-0.25, -0.2) is 0 Å². The lowest BCUT2D eigenvalue weighted by Gasteiger charge is -2.03. The van der Waals surface area contributed by atoms with E-state index in [0.717, 1.165) is 0 Å². The summed E-state index contributed by atoms with van der Waals surface area (Å²) < 4.78 is 0. The van der Waals surface area contributed by atoms with Crippen molar-refractivity contribution in [2.24, 2.45) is 0 Å². The molecule has 15 heavy (non-hydrogen) atoms. The molecule has 0 aliphatic heterocycles. The molecule has 0 aliphatic rings. The predicted molar refractivity (Wildman–Crippen MR) is 60.9 cm³/mol. The van der Waals surface area contributed by atoms with Crippen molar-refractivity contribution in [3.8, 4) is 0 Å². The summed E-state index contributed by atoms with van der Waals surface area (Å²) in [5.41, 5.74) is 0.142. The lowest BCUT2D eigenvalue weighted by atomic mass is 10.1. The minimum atomic E-state index is -0.702. The maximum absolute atomic E-state index is 11.6. The first-order chi connectivity index (χ1) is 7.06. The standard InChI is InChI=1S/C9H7BrClNO3/c10-5-8(11)9(13)6-2-1-3-7(4-6)12(14)15/h1-4,8H,5H2. The number of ketones is 1. The van der Waals surface area contributed by atoms with Gasteiger partial charge < -0.3 is 0 Å². The van der Waals surface area contributed by atoms with Crippen molar-refractivity contribution in [3.05, 3.63) is 39.9 Å². The van der Waals surface area contributed by atoms with Gasteiger partial charge in [-0.2, -0.15) is 0 Å². The Labute approximate surface area is 99.5 Å². The molecule has 1 atom stereocenters. The average molecular weight is 293 g/mol. The highest BCUT2D eigenvalue weighted by Crippen LogP contribution is 2.16. The van der Waals surface area contributed by atoms with E-state index in [0.29, 0.717) is 5.33 Å². The third-order valence-corrected chi connectivity index (χ3v) is 3.13. The Morgan fingerprint density at radius 1 is 1.60 bits per heavy atom. The van der Waals surface area contributed by atoms with Crippen LogP contribution in [0.1, 0.15) is 10.4 Å². The first-order valence-electron chi connectivity index (χ1n) is 4.05. The van der Waals surface area contributed by atoms with Crippen molar-refractivity contribution in [3.63, 3.8) is 0 Å². The third-order valence-electron chi connectivity index (χ3n) is 1.76. The van der Waals surface area contributed by atoms with E-state index in [2.05, 4.69) is 15.9 Å². The molecule has 1 aromatic rings. The number of benzene rings is 1. The zero-order valence-electron chi connectivity index (χ0n) is 7.52. The molecule has 0 radical (unpaired) electrons. The van der Waals surface area contributed by atoms with E-state index in [9.17, 15) is 14.9 Å². The van der Waals surface area contributed by atoms with Gasteiger partial charge in [-0.1, -0.05) is 28.1 Å². The van der Waals surface area contributed by atoms with Crippen molar-refractivity contribution < 1.29 is 9.72 Å². The Morgan fingerprint density at radius 3 is 2.80 bits per heavy atom. The van der Waals surface area contributed by atoms with Gasteiger partial charge in [0, 0.05) is 23.0 Å². The number of nitro benzene ring substituents is 1. The molecule has 0 saturated heterocycles. The average Bonchev–Trinajstić information content (AvgIpc) is 2.27. The number of carbonyl (C=O) groups excluding carboxylic acids is 1. The van der Waals surface area contributed by atoms with Gasteiger partial charge in [-0.3, -0.25) is 14.9 Å². The van der Waals surface area contributed by atoms with Crippen LogP contribution in [-0.4, -0.2) is 21.4 Å². The molecular formula is C9H7BrClNO3. The Bertz CT molecular complexity index is 397. The van der Waals surface area contributed by atoms with Gasteiger partial charge in [0.05, 0.1) is 4.92 Å². The zero-order chi connectivity index (χ0) is 11.4. The van der Waals surface area contributed by atoms with Gasteiger partial charge in [0.1, 0.15) is 5.38 Å². The minimum Gasteiger partial charge on any atom is -0.292 e. The lowest BCUT2D eigenvalue weighted by molar-refractivity contribution is -0.384. The number of halogens is 2. The molecule has 4 nitrogen and oxygen atoms in total. The molecule has 0 N–H and O–H groups in total. The number of nitro groups is 1. The summed E-state index contributed by atoms with van der Waals surface area (Å²) in [5.74, 6) is -0.322. The molecule has 0 heterocycles. The van der Waals surface area contributed by atoms with Crippen LogP contribution >= 0.6 is 27.5 Å². The van der Waals surface area contributed by atoms with Gasteiger partial charge >= 0.3 is 0 Å². The van der Waals surface area contributed by atoms with Crippen LogP contribution in [0.3, 0.4) is 0 Å². The summed E-state index contributed by atoms with van der Waals surface area (Å²) in [6, 6.07) is 5.52. The second-order valence-corrected chi connectivity index (χ2v) is 3.97. The molecule has 0 saturated carbocycles. The molecule has 1 rings (SSSR count). The molecule has 1 aromatic carbocycles. The maximum atomic E-state index is 11.6. The van der Waals surface area contributed by atoms with Crippen LogP contribution < -0.4 is 0 Å². The van der Waals surface area contributed by atoms with Crippen molar-refractivity contribution in [1.29, 1.82) is 0 Å². The molecule has 0 aliphatic carbocycles. The molecule has 0 bridgehead atoms. The number of nitrogens with zero attached hydrogens (tertiary/aromatic N) is 1. The van der Waals surface area contributed by atoms with E-state index < -0.39 is 10.3 Å². The number of Topliss-reactive ketones (excluding diaryl/α,β-unsaturated/α-hetero) is 1. The lowest BCUT2D eigenvalue weighted by Crippen LogP contribution is -2.15. The van der Waals surface area contributed by atoms with E-state index in [4.69, 9.17) is 11.6 Å². The second kappa shape index (κ2) is 5.23. The van der Waals surface area contributed by atoms with Gasteiger partial charge in [-0.05, 0) is 0 Å². The van der Waals surface area contributed by atoms with Crippen LogP contribution in [0.2, 0.25) is 0 Å². The first kappa shape index (κ1) is 12.1. The quantitative estimate of drug-likeness (QED) is 0.371. The van der Waals surface area contributed by atoms with Crippen molar-refractivity contribution in [1.82, 2.24) is 0 Å². The number of rotatable bonds is 4. The SMILES string of the molecule is O=C(c1cccc([N+](=O)[O-])c1)C(Cl)CBr. The molecular weight excluding hydrogens is 285 g/mol. The van der Waals surface area contributed by atoms with Gasteiger partial charge in [0.25, 0.3) is 5.69 Å². The van der Waals surface area contributed by atoms with E-state index in [1.54, 1.807) is 0 Å². The number of alkyl halides is 2. The Morgan fingerprint density at radius 2 is 2.27 bits per heavy atom. The summed E-state index contributed by atoms with van der Waals surface area (Å²) in [7, 11) is 0. The topological polar surface area (TPSA) is 60.2 Å². The van der Waals surface area contributed by atoms with Crippen LogP contribution in [0.5, 0.6) is 0 Å². The van der Waals surface area contributed by atoms with Crippen molar-refractivity contribution >= 4 is 39.0 Å². The third kappa shape index (κ3) is 3.00. The van der Waals surface area contributed by atoms with Gasteiger partial charge in [-0.15, -0.1) is 11.6 Å². The van der Waals surface area contributed by atoms with Gasteiger partial charge in [0.2, 0.25) is 0 Å². The molecule has 80 valence electrons. The molecule has 6 heteroatoms. The van der Waals surface area contributed by atoms with Gasteiger partial charge in [0.15, 0.2) is 5.78 Å². The van der Waals surface area contributed by atoms with Crippen LogP contribution in [-0.2, 0) is 0 Å². The molecule has 1 unspecified atom stereocenters. The van der Waals surface area contributed by atoms with Crippen molar-refractivity contribution in [2.45, 2.75) is 5.38 Å². The number of non-ortho nitro benzene ring substituents is 1. The largest absolute Gasteiger partial charge is 0.292 e. The van der Waals surface area contributed by atoms with E-state index >= 15 is 0 Å². The Kier molecular flexibility index (Phi) is 4.23. The first-order valence-corrected chi connectivity index (χ1v) is 5.60. The smallest absolute Gasteiger partial charge is 0.270 e. The van der Waals surface area contributed by atoms with Crippen LogP contribution in [0.15, 0.2) is 24.3 Å². The molecule has 0 spiro atoms. The number of hydrogen-bond donors (Lipinski definition) is 0. The highest BCUT2D eigenvalue weighted by molar-refractivity contribution is 9.09. The van der Waals surface area contributed by atoms with E-state index in [1.165, 1.54) is 24.3 Å². The summed E-state index contributed by atoms with van der Waals surface area (Å²) in [5, 5.41) is 10.1. The summed E-state index contributed by atoms with van der Waals surface area (Å²) in [6.07, 6.45) is 0. The molecule has 0 amide bonds. The van der Waals surface area contributed by atoms with Crippen LogP contribution in [0.25, 0.3) is 0 Å². The highest BCUT2D eigenvalue weighted by Gasteiger charge is 2.18. The van der Waals surface area contributed by atoms with E-state index in [1.807, 2.05) is 0 Å². The number of carbonyl (C=O) groups is 1. The minimum absolute atomic E-state index is 0.112. The normalized spacial score (nSPS) is 12.1. The Balaban J connectivity index is 3.00. The zero-order valence-corrected chi connectivity index (χ0v) is 9.86. The van der Waals surface area contributed by atoms with Crippen molar-refractivity contribution in [2.75, 3.05) is 5.33 Å². The molecule has 0 fully saturated rings. The van der Waals surface area contributed by atoms with E-state index in [-0.39, 0.29) is 17.0 Å². The fourth-order valence-corrected chi connectivity index (χ4v) is 1.44. The number of hydrogen-bond acceptors (Lipinski definition) is 3.